The molecule has 2 rings (SSSR count). The lowest BCUT2D eigenvalue weighted by molar-refractivity contribution is 0.358. The minimum atomic E-state index is -3.57. The van der Waals surface area contributed by atoms with Gasteiger partial charge in [-0.25, -0.2) is 13.1 Å². The number of hydrogen-bond donors (Lipinski definition) is 2. The molecule has 0 amide bonds. The van der Waals surface area contributed by atoms with E-state index in [0.29, 0.717) is 18.2 Å². The van der Waals surface area contributed by atoms with Crippen molar-refractivity contribution >= 4 is 26.0 Å². The number of sulfonamides is 1. The molecule has 1 unspecified atom stereocenters. The monoisotopic (exact) mass is 390 g/mol. The topological polar surface area (TPSA) is 67.4 Å². The van der Waals surface area contributed by atoms with Crippen molar-refractivity contribution in [3.8, 4) is 5.75 Å². The molecule has 1 saturated heterocycles. The molecule has 22 heavy (non-hydrogen) atoms. The number of rotatable bonds is 6. The van der Waals surface area contributed by atoms with Gasteiger partial charge < -0.3 is 10.1 Å². The van der Waals surface area contributed by atoms with Crippen LogP contribution in [0.3, 0.4) is 0 Å². The summed E-state index contributed by atoms with van der Waals surface area (Å²) < 4.78 is 33.6. The Labute approximate surface area is 141 Å². The summed E-state index contributed by atoms with van der Waals surface area (Å²) in [4.78, 5) is 0.175. The van der Waals surface area contributed by atoms with Crippen LogP contribution < -0.4 is 14.8 Å². The lowest BCUT2D eigenvalue weighted by Crippen LogP contribution is -2.33. The lowest BCUT2D eigenvalue weighted by atomic mass is 9.96. The van der Waals surface area contributed by atoms with Crippen molar-refractivity contribution in [2.45, 2.75) is 31.1 Å². The van der Waals surface area contributed by atoms with Crippen LogP contribution in [0.2, 0.25) is 0 Å². The van der Waals surface area contributed by atoms with Gasteiger partial charge in [-0.15, -0.1) is 0 Å². The number of halogens is 1. The highest BCUT2D eigenvalue weighted by Crippen LogP contribution is 2.30. The number of piperidine rings is 1. The smallest absolute Gasteiger partial charge is 0.244 e. The van der Waals surface area contributed by atoms with Gasteiger partial charge in [0.2, 0.25) is 10.0 Å². The highest BCUT2D eigenvalue weighted by molar-refractivity contribution is 9.10. The number of ether oxygens (including phenoxy) is 1. The van der Waals surface area contributed by atoms with Gasteiger partial charge in [0.25, 0.3) is 0 Å². The molecule has 0 spiro atoms. The number of nitrogens with one attached hydrogen (secondary N) is 2. The van der Waals surface area contributed by atoms with Gasteiger partial charge in [0.05, 0.1) is 7.11 Å². The van der Waals surface area contributed by atoms with E-state index in [-0.39, 0.29) is 4.90 Å². The quantitative estimate of drug-likeness (QED) is 0.782. The zero-order chi connectivity index (χ0) is 16.2. The van der Waals surface area contributed by atoms with Gasteiger partial charge in [-0.05, 0) is 62.9 Å². The van der Waals surface area contributed by atoms with Crippen LogP contribution in [0.1, 0.15) is 24.8 Å². The first-order valence-electron chi connectivity index (χ1n) is 7.48. The Kier molecular flexibility index (Phi) is 6.26. The maximum atomic E-state index is 12.5. The Bertz CT molecular complexity index is 613. The molecule has 7 heteroatoms. The summed E-state index contributed by atoms with van der Waals surface area (Å²) in [5, 5.41) is 3.34. The molecule has 0 aliphatic carbocycles. The Hall–Kier alpha value is -0.630. The fourth-order valence-corrected chi connectivity index (χ4v) is 4.37. The summed E-state index contributed by atoms with van der Waals surface area (Å²) in [7, 11) is -2.09. The van der Waals surface area contributed by atoms with Gasteiger partial charge in [-0.1, -0.05) is 15.9 Å². The van der Waals surface area contributed by atoms with Crippen LogP contribution in [-0.4, -0.2) is 35.2 Å². The van der Waals surface area contributed by atoms with E-state index in [1.807, 2.05) is 6.92 Å². The Morgan fingerprint density at radius 2 is 2.23 bits per heavy atom. The third-order valence-electron chi connectivity index (χ3n) is 3.98. The van der Waals surface area contributed by atoms with Crippen molar-refractivity contribution in [1.82, 2.24) is 10.0 Å². The van der Waals surface area contributed by atoms with Crippen LogP contribution in [0.15, 0.2) is 21.5 Å². The van der Waals surface area contributed by atoms with Crippen molar-refractivity contribution in [3.63, 3.8) is 0 Å². The summed E-state index contributed by atoms with van der Waals surface area (Å²) in [5.41, 5.74) is 0.934. The minimum Gasteiger partial charge on any atom is -0.495 e. The van der Waals surface area contributed by atoms with E-state index in [9.17, 15) is 8.42 Å². The van der Waals surface area contributed by atoms with Crippen molar-refractivity contribution in [2.24, 2.45) is 5.92 Å². The molecule has 1 aliphatic rings. The predicted molar refractivity (Wildman–Crippen MR) is 90.8 cm³/mol. The minimum absolute atomic E-state index is 0.175. The maximum absolute atomic E-state index is 12.5. The van der Waals surface area contributed by atoms with E-state index in [1.165, 1.54) is 7.11 Å². The lowest BCUT2D eigenvalue weighted by Gasteiger charge is -2.22. The zero-order valence-electron chi connectivity index (χ0n) is 13.0. The largest absolute Gasteiger partial charge is 0.495 e. The van der Waals surface area contributed by atoms with E-state index in [2.05, 4.69) is 26.0 Å². The highest BCUT2D eigenvalue weighted by atomic mass is 79.9. The molecule has 2 N–H and O–H groups in total. The Morgan fingerprint density at radius 1 is 1.45 bits per heavy atom. The fraction of sp³-hybridized carbons (Fsp3) is 0.600. The van der Waals surface area contributed by atoms with E-state index in [4.69, 9.17) is 4.74 Å². The fourth-order valence-electron chi connectivity index (χ4n) is 2.65. The summed E-state index contributed by atoms with van der Waals surface area (Å²) >= 11 is 3.38. The molecule has 1 atom stereocenters. The highest BCUT2D eigenvalue weighted by Gasteiger charge is 2.21. The van der Waals surface area contributed by atoms with Crippen molar-refractivity contribution in [3.05, 3.63) is 22.2 Å². The molecule has 5 nitrogen and oxygen atoms in total. The summed E-state index contributed by atoms with van der Waals surface area (Å²) in [5.74, 6) is 0.913. The molecule has 1 heterocycles. The summed E-state index contributed by atoms with van der Waals surface area (Å²) in [6, 6.07) is 3.32. The number of methoxy groups -OCH3 is 1. The predicted octanol–water partition coefficient (Wildman–Crippen LogP) is 2.43. The second-order valence-electron chi connectivity index (χ2n) is 5.65. The number of benzene rings is 1. The van der Waals surface area contributed by atoms with E-state index in [0.717, 1.165) is 42.4 Å². The van der Waals surface area contributed by atoms with Crippen LogP contribution in [0.25, 0.3) is 0 Å². The number of aryl methyl sites for hydroxylation is 1. The maximum Gasteiger partial charge on any atom is 0.244 e. The summed E-state index contributed by atoms with van der Waals surface area (Å²) in [6.45, 7) is 4.38. The third-order valence-corrected chi connectivity index (χ3v) is 6.31. The summed E-state index contributed by atoms with van der Waals surface area (Å²) in [6.07, 6.45) is 3.17. The van der Waals surface area contributed by atoms with Gasteiger partial charge >= 0.3 is 0 Å². The van der Waals surface area contributed by atoms with Gasteiger partial charge in [-0.3, -0.25) is 0 Å². The first-order chi connectivity index (χ1) is 10.4. The average Bonchev–Trinajstić information content (AvgIpc) is 2.50. The molecule has 0 saturated carbocycles. The molecule has 1 aliphatic heterocycles. The van der Waals surface area contributed by atoms with Crippen LogP contribution in [0.4, 0.5) is 0 Å². The first-order valence-corrected chi connectivity index (χ1v) is 9.76. The van der Waals surface area contributed by atoms with Crippen molar-refractivity contribution < 1.29 is 13.2 Å². The molecular formula is C15H23BrN2O3S. The van der Waals surface area contributed by atoms with Crippen LogP contribution in [-0.2, 0) is 10.0 Å². The molecule has 1 fully saturated rings. The van der Waals surface area contributed by atoms with E-state index >= 15 is 0 Å². The van der Waals surface area contributed by atoms with Crippen molar-refractivity contribution in [1.29, 1.82) is 0 Å². The second kappa shape index (κ2) is 7.77. The molecule has 0 bridgehead atoms. The molecule has 0 aromatic heterocycles. The van der Waals surface area contributed by atoms with Gasteiger partial charge in [0.15, 0.2) is 0 Å². The molecule has 0 radical (unpaired) electrons. The molecular weight excluding hydrogens is 368 g/mol. The van der Waals surface area contributed by atoms with Gasteiger partial charge in [0, 0.05) is 11.0 Å². The average molecular weight is 391 g/mol. The van der Waals surface area contributed by atoms with Crippen molar-refractivity contribution in [2.75, 3.05) is 26.7 Å². The molecule has 1 aromatic carbocycles. The van der Waals surface area contributed by atoms with Gasteiger partial charge in [0.1, 0.15) is 10.6 Å². The normalized spacial score (nSPS) is 19.1. The zero-order valence-corrected chi connectivity index (χ0v) is 15.4. The second-order valence-corrected chi connectivity index (χ2v) is 8.24. The van der Waals surface area contributed by atoms with Crippen LogP contribution >= 0.6 is 15.9 Å². The van der Waals surface area contributed by atoms with Gasteiger partial charge in [-0.2, -0.15) is 0 Å². The third kappa shape index (κ3) is 4.44. The van der Waals surface area contributed by atoms with E-state index in [1.54, 1.807) is 12.1 Å². The van der Waals surface area contributed by atoms with E-state index < -0.39 is 10.0 Å². The van der Waals surface area contributed by atoms with Crippen LogP contribution in [0, 0.1) is 12.8 Å². The Morgan fingerprint density at radius 3 is 2.86 bits per heavy atom. The Balaban J connectivity index is 2.04. The standard InChI is InChI=1S/C15H23BrN2O3S/c1-11-8-14(21-2)15(9-13(11)16)22(19,20)18-7-5-12-4-3-6-17-10-12/h8-9,12,17-18H,3-7,10H2,1-2H3. The molecule has 124 valence electrons. The SMILES string of the molecule is COc1cc(C)c(Br)cc1S(=O)(=O)NCCC1CCCNC1. The number of hydrogen-bond acceptors (Lipinski definition) is 4. The first kappa shape index (κ1) is 17.7. The van der Waals surface area contributed by atoms with Crippen LogP contribution in [0.5, 0.6) is 5.75 Å². The molecule has 1 aromatic rings.